The first-order valence-electron chi connectivity index (χ1n) is 6.32. The molecule has 0 spiro atoms. The van der Waals surface area contributed by atoms with Crippen LogP contribution in [0.1, 0.15) is 21.6 Å². The van der Waals surface area contributed by atoms with E-state index >= 15 is 0 Å². The van der Waals surface area contributed by atoms with Crippen molar-refractivity contribution in [1.29, 1.82) is 0 Å². The molecule has 2 aromatic rings. The van der Waals surface area contributed by atoms with Crippen molar-refractivity contribution in [2.24, 2.45) is 0 Å². The molecule has 0 aliphatic carbocycles. The molecule has 0 radical (unpaired) electrons. The predicted octanol–water partition coefficient (Wildman–Crippen LogP) is 3.07. The van der Waals surface area contributed by atoms with Gasteiger partial charge in [-0.3, -0.25) is 9.78 Å². The van der Waals surface area contributed by atoms with Crippen LogP contribution in [-0.2, 0) is 12.6 Å². The first-order chi connectivity index (χ1) is 9.97. The van der Waals surface area contributed by atoms with Gasteiger partial charge in [0, 0.05) is 12.7 Å². The van der Waals surface area contributed by atoms with Crippen LogP contribution in [0.5, 0.6) is 0 Å². The quantitative estimate of drug-likeness (QED) is 0.941. The number of aromatic nitrogens is 1. The minimum absolute atomic E-state index is 0.303. The zero-order valence-corrected chi connectivity index (χ0v) is 11.0. The van der Waals surface area contributed by atoms with Gasteiger partial charge < -0.3 is 5.32 Å². The van der Waals surface area contributed by atoms with Crippen LogP contribution in [0.2, 0.25) is 0 Å². The summed E-state index contributed by atoms with van der Waals surface area (Å²) >= 11 is 0. The highest BCUT2D eigenvalue weighted by Crippen LogP contribution is 2.29. The van der Waals surface area contributed by atoms with Gasteiger partial charge in [0.25, 0.3) is 5.91 Å². The summed E-state index contributed by atoms with van der Waals surface area (Å²) in [4.78, 5) is 15.6. The van der Waals surface area contributed by atoms with Gasteiger partial charge in [-0.2, -0.15) is 13.2 Å². The molecule has 1 N–H and O–H groups in total. The minimum Gasteiger partial charge on any atom is -0.350 e. The molecular weight excluding hydrogens is 281 g/mol. The van der Waals surface area contributed by atoms with E-state index in [1.165, 1.54) is 18.3 Å². The number of rotatable bonds is 4. The zero-order chi connectivity index (χ0) is 15.3. The van der Waals surface area contributed by atoms with Crippen LogP contribution in [-0.4, -0.2) is 17.4 Å². The fourth-order valence-corrected chi connectivity index (χ4v) is 1.77. The SMILES string of the molecule is O=C(NCCc1ccc(C(F)(F)F)cc1)c1ccccn1. The van der Waals surface area contributed by atoms with Gasteiger partial charge in [-0.25, -0.2) is 0 Å². The summed E-state index contributed by atoms with van der Waals surface area (Å²) in [6.07, 6.45) is -2.35. The zero-order valence-electron chi connectivity index (χ0n) is 11.0. The van der Waals surface area contributed by atoms with Gasteiger partial charge in [-0.15, -0.1) is 0 Å². The first kappa shape index (κ1) is 15.0. The van der Waals surface area contributed by atoms with E-state index in [1.54, 1.807) is 18.2 Å². The van der Waals surface area contributed by atoms with Gasteiger partial charge in [0.2, 0.25) is 0 Å². The van der Waals surface area contributed by atoms with E-state index in [-0.39, 0.29) is 5.91 Å². The Morgan fingerprint density at radius 2 is 1.81 bits per heavy atom. The summed E-state index contributed by atoms with van der Waals surface area (Å²) in [6.45, 7) is 0.334. The highest BCUT2D eigenvalue weighted by Gasteiger charge is 2.29. The minimum atomic E-state index is -4.33. The van der Waals surface area contributed by atoms with Crippen LogP contribution in [0.15, 0.2) is 48.7 Å². The molecule has 6 heteroatoms. The molecule has 21 heavy (non-hydrogen) atoms. The average molecular weight is 294 g/mol. The number of nitrogens with one attached hydrogen (secondary N) is 1. The lowest BCUT2D eigenvalue weighted by atomic mass is 10.1. The average Bonchev–Trinajstić information content (AvgIpc) is 2.47. The van der Waals surface area contributed by atoms with E-state index in [4.69, 9.17) is 0 Å². The Bertz CT molecular complexity index is 595. The summed E-state index contributed by atoms with van der Waals surface area (Å²) in [6, 6.07) is 9.90. The third-order valence-electron chi connectivity index (χ3n) is 2.88. The Labute approximate surface area is 119 Å². The van der Waals surface area contributed by atoms with Crippen LogP contribution in [0, 0.1) is 0 Å². The molecule has 0 bridgehead atoms. The smallest absolute Gasteiger partial charge is 0.350 e. The molecule has 3 nitrogen and oxygen atoms in total. The molecule has 0 saturated heterocycles. The second-order valence-corrected chi connectivity index (χ2v) is 4.42. The Morgan fingerprint density at radius 1 is 1.10 bits per heavy atom. The van der Waals surface area contributed by atoms with Gasteiger partial charge in [-0.1, -0.05) is 18.2 Å². The number of carbonyl (C=O) groups is 1. The molecule has 0 atom stereocenters. The van der Waals surface area contributed by atoms with Crippen LogP contribution < -0.4 is 5.32 Å². The number of amides is 1. The molecule has 0 unspecified atom stereocenters. The van der Waals surface area contributed by atoms with E-state index in [1.807, 2.05) is 0 Å². The van der Waals surface area contributed by atoms with E-state index < -0.39 is 11.7 Å². The second-order valence-electron chi connectivity index (χ2n) is 4.42. The van der Waals surface area contributed by atoms with Crippen molar-refractivity contribution in [3.05, 3.63) is 65.5 Å². The molecule has 0 fully saturated rings. The number of alkyl halides is 3. The topological polar surface area (TPSA) is 42.0 Å². The summed E-state index contributed by atoms with van der Waals surface area (Å²) < 4.78 is 37.2. The normalized spacial score (nSPS) is 11.2. The molecule has 0 saturated carbocycles. The molecule has 0 aliphatic heterocycles. The molecule has 2 rings (SSSR count). The number of hydrogen-bond acceptors (Lipinski definition) is 2. The van der Waals surface area contributed by atoms with Crippen LogP contribution in [0.3, 0.4) is 0 Å². The predicted molar refractivity (Wildman–Crippen MR) is 71.7 cm³/mol. The van der Waals surface area contributed by atoms with Gasteiger partial charge in [-0.05, 0) is 36.2 Å². The number of carbonyl (C=O) groups excluding carboxylic acids is 1. The molecule has 1 aromatic heterocycles. The maximum atomic E-state index is 12.4. The number of nitrogens with zero attached hydrogens (tertiary/aromatic N) is 1. The lowest BCUT2D eigenvalue weighted by Crippen LogP contribution is -2.26. The highest BCUT2D eigenvalue weighted by atomic mass is 19.4. The summed E-state index contributed by atoms with van der Waals surface area (Å²) in [5, 5.41) is 2.67. The largest absolute Gasteiger partial charge is 0.416 e. The Balaban J connectivity index is 1.85. The van der Waals surface area contributed by atoms with Crippen molar-refractivity contribution in [3.63, 3.8) is 0 Å². The summed E-state index contributed by atoms with van der Waals surface area (Å²) in [5.41, 5.74) is 0.359. The lowest BCUT2D eigenvalue weighted by Gasteiger charge is -2.08. The maximum Gasteiger partial charge on any atom is 0.416 e. The van der Waals surface area contributed by atoms with Crippen molar-refractivity contribution >= 4 is 5.91 Å². The van der Waals surface area contributed by atoms with Crippen molar-refractivity contribution < 1.29 is 18.0 Å². The van der Waals surface area contributed by atoms with Crippen molar-refractivity contribution in [2.45, 2.75) is 12.6 Å². The standard InChI is InChI=1S/C15H13F3N2O/c16-15(17,18)12-6-4-11(5-7-12)8-10-20-14(21)13-3-1-2-9-19-13/h1-7,9H,8,10H2,(H,20,21). The van der Waals surface area contributed by atoms with Gasteiger partial charge in [0.05, 0.1) is 5.56 Å². The van der Waals surface area contributed by atoms with Gasteiger partial charge in [0.15, 0.2) is 0 Å². The monoisotopic (exact) mass is 294 g/mol. The molecule has 1 amide bonds. The number of benzene rings is 1. The van der Waals surface area contributed by atoms with Gasteiger partial charge in [0.1, 0.15) is 5.69 Å². The third-order valence-corrected chi connectivity index (χ3v) is 2.88. The summed E-state index contributed by atoms with van der Waals surface area (Å²) in [7, 11) is 0. The molecule has 0 aliphatic rings. The van der Waals surface area contributed by atoms with Crippen molar-refractivity contribution in [1.82, 2.24) is 10.3 Å². The van der Waals surface area contributed by atoms with Crippen molar-refractivity contribution in [3.8, 4) is 0 Å². The van der Waals surface area contributed by atoms with E-state index in [0.717, 1.165) is 17.7 Å². The van der Waals surface area contributed by atoms with E-state index in [2.05, 4.69) is 10.3 Å². The Morgan fingerprint density at radius 3 is 2.38 bits per heavy atom. The fourth-order valence-electron chi connectivity index (χ4n) is 1.77. The maximum absolute atomic E-state index is 12.4. The lowest BCUT2D eigenvalue weighted by molar-refractivity contribution is -0.137. The van der Waals surface area contributed by atoms with Gasteiger partial charge >= 0.3 is 6.18 Å². The van der Waals surface area contributed by atoms with Crippen molar-refractivity contribution in [2.75, 3.05) is 6.54 Å². The van der Waals surface area contributed by atoms with Crippen LogP contribution in [0.4, 0.5) is 13.2 Å². The van der Waals surface area contributed by atoms with Crippen LogP contribution >= 0.6 is 0 Å². The van der Waals surface area contributed by atoms with E-state index in [0.29, 0.717) is 18.7 Å². The molecular formula is C15H13F3N2O. The second kappa shape index (κ2) is 6.39. The number of halogens is 3. The number of pyridine rings is 1. The molecule has 1 aromatic carbocycles. The summed E-state index contributed by atoms with van der Waals surface area (Å²) in [5.74, 6) is -0.303. The Hall–Kier alpha value is -2.37. The Kier molecular flexibility index (Phi) is 4.57. The third kappa shape index (κ3) is 4.30. The first-order valence-corrected chi connectivity index (χ1v) is 6.32. The molecule has 110 valence electrons. The molecule has 1 heterocycles. The van der Waals surface area contributed by atoms with E-state index in [9.17, 15) is 18.0 Å². The highest BCUT2D eigenvalue weighted by molar-refractivity contribution is 5.92. The number of hydrogen-bond donors (Lipinski definition) is 1. The van der Waals surface area contributed by atoms with Crippen LogP contribution in [0.25, 0.3) is 0 Å². The fraction of sp³-hybridized carbons (Fsp3) is 0.200.